The van der Waals surface area contributed by atoms with Crippen molar-refractivity contribution < 1.29 is 14.3 Å². The van der Waals surface area contributed by atoms with Crippen LogP contribution in [0.15, 0.2) is 42.5 Å². The summed E-state index contributed by atoms with van der Waals surface area (Å²) < 4.78 is 10.3. The van der Waals surface area contributed by atoms with Crippen LogP contribution >= 0.6 is 0 Å². The Bertz CT molecular complexity index is 641. The third-order valence-corrected chi connectivity index (χ3v) is 3.03. The molecule has 0 aliphatic carbocycles. The van der Waals surface area contributed by atoms with Crippen LogP contribution in [0.5, 0.6) is 5.75 Å². The molecule has 0 heterocycles. The molecule has 0 unspecified atom stereocenters. The number of benzene rings is 2. The molecule has 0 saturated heterocycles. The first-order chi connectivity index (χ1) is 10.2. The van der Waals surface area contributed by atoms with Gasteiger partial charge in [0.1, 0.15) is 5.75 Å². The molecular formula is C16H18N2O3. The lowest BCUT2D eigenvalue weighted by atomic mass is 10.1. The van der Waals surface area contributed by atoms with Crippen LogP contribution < -0.4 is 15.8 Å². The third-order valence-electron chi connectivity index (χ3n) is 3.03. The second-order valence-corrected chi connectivity index (χ2v) is 4.50. The molecule has 5 heteroatoms. The molecule has 0 saturated carbocycles. The Kier molecular flexibility index (Phi) is 4.79. The van der Waals surface area contributed by atoms with E-state index in [9.17, 15) is 4.79 Å². The average Bonchev–Trinajstić information content (AvgIpc) is 2.49. The lowest BCUT2D eigenvalue weighted by molar-refractivity contribution is 0.102. The molecule has 0 spiro atoms. The number of rotatable bonds is 5. The number of nitrogen functional groups attached to an aromatic ring is 1. The number of carbonyl (C=O) groups is 1. The Balaban J connectivity index is 2.28. The quantitative estimate of drug-likeness (QED) is 0.829. The predicted molar refractivity (Wildman–Crippen MR) is 82.5 cm³/mol. The van der Waals surface area contributed by atoms with E-state index >= 15 is 0 Å². The number of ether oxygens (including phenoxy) is 2. The van der Waals surface area contributed by atoms with Gasteiger partial charge in [-0.25, -0.2) is 0 Å². The Hall–Kier alpha value is -2.53. The molecule has 0 aromatic heterocycles. The fourth-order valence-corrected chi connectivity index (χ4v) is 2.02. The average molecular weight is 286 g/mol. The number of hydrogen-bond acceptors (Lipinski definition) is 4. The summed E-state index contributed by atoms with van der Waals surface area (Å²) in [4.78, 5) is 12.4. The van der Waals surface area contributed by atoms with E-state index in [1.807, 2.05) is 24.3 Å². The Morgan fingerprint density at radius 3 is 2.67 bits per heavy atom. The minimum atomic E-state index is -0.275. The fraction of sp³-hybridized carbons (Fsp3) is 0.188. The number of para-hydroxylation sites is 1. The number of nitrogens with two attached hydrogens (primary N) is 1. The van der Waals surface area contributed by atoms with Crippen LogP contribution in [0.25, 0.3) is 0 Å². The SMILES string of the molecule is COCc1ccccc1NC(=O)c1cc(N)ccc1OC. The zero-order valence-corrected chi connectivity index (χ0v) is 12.1. The summed E-state index contributed by atoms with van der Waals surface area (Å²) in [6.07, 6.45) is 0. The maximum absolute atomic E-state index is 12.4. The normalized spacial score (nSPS) is 10.2. The lowest BCUT2D eigenvalue weighted by Crippen LogP contribution is -2.15. The molecule has 5 nitrogen and oxygen atoms in total. The zero-order valence-electron chi connectivity index (χ0n) is 12.1. The molecule has 0 aliphatic heterocycles. The van der Waals surface area contributed by atoms with Crippen LogP contribution in [-0.4, -0.2) is 20.1 Å². The zero-order chi connectivity index (χ0) is 15.2. The predicted octanol–water partition coefficient (Wildman–Crippen LogP) is 2.68. The molecule has 21 heavy (non-hydrogen) atoms. The Labute approximate surface area is 123 Å². The van der Waals surface area contributed by atoms with Gasteiger partial charge < -0.3 is 20.5 Å². The van der Waals surface area contributed by atoms with Crippen LogP contribution in [0.3, 0.4) is 0 Å². The highest BCUT2D eigenvalue weighted by Crippen LogP contribution is 2.23. The van der Waals surface area contributed by atoms with Crippen molar-refractivity contribution in [1.29, 1.82) is 0 Å². The summed E-state index contributed by atoms with van der Waals surface area (Å²) in [7, 11) is 3.13. The number of anilines is 2. The second-order valence-electron chi connectivity index (χ2n) is 4.50. The van der Waals surface area contributed by atoms with Crippen molar-refractivity contribution in [3.05, 3.63) is 53.6 Å². The molecule has 0 bridgehead atoms. The molecule has 2 aromatic rings. The van der Waals surface area contributed by atoms with Crippen molar-refractivity contribution in [2.75, 3.05) is 25.3 Å². The van der Waals surface area contributed by atoms with Crippen LogP contribution in [-0.2, 0) is 11.3 Å². The van der Waals surface area contributed by atoms with Crippen LogP contribution in [0.4, 0.5) is 11.4 Å². The van der Waals surface area contributed by atoms with Crippen LogP contribution in [0, 0.1) is 0 Å². The molecular weight excluding hydrogens is 268 g/mol. The van der Waals surface area contributed by atoms with Gasteiger partial charge in [-0.3, -0.25) is 4.79 Å². The van der Waals surface area contributed by atoms with Crippen molar-refractivity contribution in [2.24, 2.45) is 0 Å². The Morgan fingerprint density at radius 1 is 1.19 bits per heavy atom. The summed E-state index contributed by atoms with van der Waals surface area (Å²) in [5.74, 6) is 0.202. The van der Waals surface area contributed by atoms with E-state index in [0.29, 0.717) is 29.3 Å². The van der Waals surface area contributed by atoms with E-state index in [2.05, 4.69) is 5.32 Å². The molecule has 0 aliphatic rings. The van der Waals surface area contributed by atoms with Crippen LogP contribution in [0.2, 0.25) is 0 Å². The van der Waals surface area contributed by atoms with Gasteiger partial charge >= 0.3 is 0 Å². The fourth-order valence-electron chi connectivity index (χ4n) is 2.02. The van der Waals surface area contributed by atoms with Gasteiger partial charge in [-0.15, -0.1) is 0 Å². The Morgan fingerprint density at radius 2 is 1.95 bits per heavy atom. The second kappa shape index (κ2) is 6.76. The van der Waals surface area contributed by atoms with Crippen molar-refractivity contribution in [3.63, 3.8) is 0 Å². The van der Waals surface area contributed by atoms with E-state index < -0.39 is 0 Å². The highest BCUT2D eigenvalue weighted by molar-refractivity contribution is 6.07. The topological polar surface area (TPSA) is 73.6 Å². The van der Waals surface area contributed by atoms with Crippen molar-refractivity contribution in [2.45, 2.75) is 6.61 Å². The number of nitrogens with one attached hydrogen (secondary N) is 1. The number of methoxy groups -OCH3 is 2. The first-order valence-corrected chi connectivity index (χ1v) is 6.47. The molecule has 0 radical (unpaired) electrons. The van der Waals surface area contributed by atoms with Gasteiger partial charge in [-0.1, -0.05) is 18.2 Å². The maximum atomic E-state index is 12.4. The molecule has 2 rings (SSSR count). The molecule has 0 fully saturated rings. The van der Waals surface area contributed by atoms with Crippen molar-refractivity contribution in [3.8, 4) is 5.75 Å². The summed E-state index contributed by atoms with van der Waals surface area (Å²) in [5.41, 5.74) is 8.24. The van der Waals surface area contributed by atoms with E-state index in [0.717, 1.165) is 5.56 Å². The summed E-state index contributed by atoms with van der Waals surface area (Å²) in [6, 6.07) is 12.4. The molecule has 0 atom stereocenters. The van der Waals surface area contributed by atoms with Gasteiger partial charge in [0.25, 0.3) is 5.91 Å². The maximum Gasteiger partial charge on any atom is 0.259 e. The summed E-state index contributed by atoms with van der Waals surface area (Å²) >= 11 is 0. The van der Waals surface area contributed by atoms with Crippen molar-refractivity contribution in [1.82, 2.24) is 0 Å². The molecule has 3 N–H and O–H groups in total. The third kappa shape index (κ3) is 3.52. The largest absolute Gasteiger partial charge is 0.496 e. The van der Waals surface area contributed by atoms with Gasteiger partial charge in [0.2, 0.25) is 0 Å². The van der Waals surface area contributed by atoms with E-state index in [1.54, 1.807) is 25.3 Å². The first-order valence-electron chi connectivity index (χ1n) is 6.47. The lowest BCUT2D eigenvalue weighted by Gasteiger charge is -2.12. The standard InChI is InChI=1S/C16H18N2O3/c1-20-10-11-5-3-4-6-14(11)18-16(19)13-9-12(17)7-8-15(13)21-2/h3-9H,10,17H2,1-2H3,(H,18,19). The van der Waals surface area contributed by atoms with Gasteiger partial charge in [0, 0.05) is 24.0 Å². The minimum Gasteiger partial charge on any atom is -0.496 e. The number of hydrogen-bond donors (Lipinski definition) is 2. The van der Waals surface area contributed by atoms with Crippen molar-refractivity contribution >= 4 is 17.3 Å². The smallest absolute Gasteiger partial charge is 0.259 e. The minimum absolute atomic E-state index is 0.275. The first kappa shape index (κ1) is 14.9. The highest BCUT2D eigenvalue weighted by Gasteiger charge is 2.14. The molecule has 1 amide bonds. The van der Waals surface area contributed by atoms with E-state index in [1.165, 1.54) is 7.11 Å². The molecule has 2 aromatic carbocycles. The number of amides is 1. The number of carbonyl (C=O) groups excluding carboxylic acids is 1. The van der Waals surface area contributed by atoms with Gasteiger partial charge in [0.05, 0.1) is 19.3 Å². The van der Waals surface area contributed by atoms with E-state index in [-0.39, 0.29) is 5.91 Å². The monoisotopic (exact) mass is 286 g/mol. The summed E-state index contributed by atoms with van der Waals surface area (Å²) in [5, 5.41) is 2.86. The van der Waals surface area contributed by atoms with Gasteiger partial charge in [-0.2, -0.15) is 0 Å². The highest BCUT2D eigenvalue weighted by atomic mass is 16.5. The van der Waals surface area contributed by atoms with E-state index in [4.69, 9.17) is 15.2 Å². The molecule has 110 valence electrons. The van der Waals surface area contributed by atoms with Gasteiger partial charge in [-0.05, 0) is 24.3 Å². The van der Waals surface area contributed by atoms with Crippen LogP contribution in [0.1, 0.15) is 15.9 Å². The summed E-state index contributed by atoms with van der Waals surface area (Å²) in [6.45, 7) is 0.421. The van der Waals surface area contributed by atoms with Gasteiger partial charge in [0.15, 0.2) is 0 Å².